The molecule has 150 valence electrons. The first-order valence-electron chi connectivity index (χ1n) is 8.93. The minimum Gasteiger partial charge on any atom is -0.489 e. The Labute approximate surface area is 164 Å². The number of para-hydroxylation sites is 1. The number of rotatable bonds is 3. The Morgan fingerprint density at radius 3 is 2.62 bits per heavy atom. The number of amides is 4. The van der Waals surface area contributed by atoms with E-state index in [1.165, 1.54) is 54.3 Å². The Morgan fingerprint density at radius 2 is 1.90 bits per heavy atom. The van der Waals surface area contributed by atoms with Crippen molar-refractivity contribution in [2.75, 3.05) is 24.6 Å². The molecule has 4 amide bonds. The summed E-state index contributed by atoms with van der Waals surface area (Å²) < 4.78 is 32.8. The van der Waals surface area contributed by atoms with Crippen LogP contribution in [0.2, 0.25) is 0 Å². The molecule has 1 atom stereocenters. The Hall–Kier alpha value is -3.49. The lowest BCUT2D eigenvalue weighted by Gasteiger charge is -2.30. The number of urea groups is 1. The number of fused-ring (bicyclic) bond motifs is 1. The number of imide groups is 1. The van der Waals surface area contributed by atoms with E-state index in [2.05, 4.69) is 5.32 Å². The van der Waals surface area contributed by atoms with E-state index in [1.54, 1.807) is 0 Å². The van der Waals surface area contributed by atoms with Gasteiger partial charge in [0.2, 0.25) is 5.91 Å². The zero-order valence-corrected chi connectivity index (χ0v) is 15.4. The zero-order chi connectivity index (χ0) is 20.8. The Bertz CT molecular complexity index is 1010. The first-order chi connectivity index (χ1) is 13.8. The van der Waals surface area contributed by atoms with E-state index < -0.39 is 41.6 Å². The first-order valence-corrected chi connectivity index (χ1v) is 8.93. The molecule has 29 heavy (non-hydrogen) atoms. The van der Waals surface area contributed by atoms with Crippen molar-refractivity contribution in [2.24, 2.45) is 0 Å². The summed E-state index contributed by atoms with van der Waals surface area (Å²) in [4.78, 5) is 40.1. The number of benzene rings is 2. The van der Waals surface area contributed by atoms with Crippen LogP contribution in [-0.2, 0) is 15.1 Å². The van der Waals surface area contributed by atoms with E-state index in [1.807, 2.05) is 0 Å². The fourth-order valence-electron chi connectivity index (χ4n) is 3.52. The number of nitrogens with zero attached hydrogens (tertiary/aromatic N) is 2. The summed E-state index contributed by atoms with van der Waals surface area (Å²) in [7, 11) is 0. The second kappa shape index (κ2) is 6.84. The standard InChI is InChI=1S/C20H17F2N3O4/c1-20(12-5-7-13(21)8-6-12)18(27)25(19(28)23-20)11-16(26)24-9-10-29-15-4-2-3-14(22)17(15)24/h2-8H,9-11H2,1H3,(H,23,28). The van der Waals surface area contributed by atoms with Crippen LogP contribution in [0.1, 0.15) is 12.5 Å². The van der Waals surface area contributed by atoms with Crippen molar-refractivity contribution in [2.45, 2.75) is 12.5 Å². The quantitative estimate of drug-likeness (QED) is 0.800. The van der Waals surface area contributed by atoms with Gasteiger partial charge in [-0.2, -0.15) is 0 Å². The van der Waals surface area contributed by atoms with Gasteiger partial charge >= 0.3 is 6.03 Å². The van der Waals surface area contributed by atoms with Crippen LogP contribution in [0.5, 0.6) is 5.75 Å². The van der Waals surface area contributed by atoms with E-state index in [0.717, 1.165) is 4.90 Å². The van der Waals surface area contributed by atoms with Crippen LogP contribution in [0.15, 0.2) is 42.5 Å². The van der Waals surface area contributed by atoms with Crippen LogP contribution in [-0.4, -0.2) is 42.4 Å². The van der Waals surface area contributed by atoms with Gasteiger partial charge in [0.1, 0.15) is 35.9 Å². The van der Waals surface area contributed by atoms with Crippen molar-refractivity contribution in [3.05, 3.63) is 59.7 Å². The van der Waals surface area contributed by atoms with Crippen LogP contribution < -0.4 is 15.0 Å². The largest absolute Gasteiger partial charge is 0.489 e. The Morgan fingerprint density at radius 1 is 1.17 bits per heavy atom. The number of hydrogen-bond donors (Lipinski definition) is 1. The summed E-state index contributed by atoms with van der Waals surface area (Å²) in [6.07, 6.45) is 0. The fraction of sp³-hybridized carbons (Fsp3) is 0.250. The molecular weight excluding hydrogens is 384 g/mol. The van der Waals surface area contributed by atoms with Gasteiger partial charge < -0.3 is 15.0 Å². The van der Waals surface area contributed by atoms with E-state index in [4.69, 9.17) is 4.74 Å². The molecule has 2 aliphatic rings. The minimum atomic E-state index is -1.43. The summed E-state index contributed by atoms with van der Waals surface area (Å²) in [5.41, 5.74) is -1.06. The van der Waals surface area contributed by atoms with Crippen LogP contribution in [0.25, 0.3) is 0 Å². The van der Waals surface area contributed by atoms with Gasteiger partial charge in [-0.25, -0.2) is 13.6 Å². The molecule has 0 aliphatic carbocycles. The Kier molecular flexibility index (Phi) is 4.45. The molecule has 2 aliphatic heterocycles. The Balaban J connectivity index is 1.58. The maximum Gasteiger partial charge on any atom is 0.325 e. The van der Waals surface area contributed by atoms with Crippen molar-refractivity contribution in [1.82, 2.24) is 10.2 Å². The molecule has 1 fully saturated rings. The van der Waals surface area contributed by atoms with Gasteiger partial charge in [0.15, 0.2) is 5.82 Å². The number of halogens is 2. The van der Waals surface area contributed by atoms with Crippen molar-refractivity contribution < 1.29 is 27.9 Å². The highest BCUT2D eigenvalue weighted by molar-refractivity contribution is 6.10. The summed E-state index contributed by atoms with van der Waals surface area (Å²) >= 11 is 0. The van der Waals surface area contributed by atoms with Crippen LogP contribution >= 0.6 is 0 Å². The predicted octanol–water partition coefficient (Wildman–Crippen LogP) is 2.16. The van der Waals surface area contributed by atoms with E-state index in [-0.39, 0.29) is 24.6 Å². The predicted molar refractivity (Wildman–Crippen MR) is 98.2 cm³/mol. The lowest BCUT2D eigenvalue weighted by molar-refractivity contribution is -0.134. The number of hydrogen-bond acceptors (Lipinski definition) is 4. The van der Waals surface area contributed by atoms with Gasteiger partial charge in [-0.3, -0.25) is 14.5 Å². The monoisotopic (exact) mass is 401 g/mol. The van der Waals surface area contributed by atoms with Crippen molar-refractivity contribution >= 4 is 23.5 Å². The summed E-state index contributed by atoms with van der Waals surface area (Å²) in [5, 5.41) is 2.55. The second-order valence-electron chi connectivity index (χ2n) is 6.93. The SMILES string of the molecule is CC1(c2ccc(F)cc2)NC(=O)N(CC(=O)N2CCOc3cccc(F)c32)C1=O. The molecule has 7 nitrogen and oxygen atoms in total. The van der Waals surface area contributed by atoms with Gasteiger partial charge in [0.25, 0.3) is 5.91 Å². The van der Waals surface area contributed by atoms with E-state index in [9.17, 15) is 23.2 Å². The maximum atomic E-state index is 14.3. The number of anilines is 1. The number of ether oxygens (including phenoxy) is 1. The van der Waals surface area contributed by atoms with Gasteiger partial charge in [0, 0.05) is 0 Å². The average molecular weight is 401 g/mol. The third-order valence-electron chi connectivity index (χ3n) is 5.08. The summed E-state index contributed by atoms with van der Waals surface area (Å²) in [5.74, 6) is -2.16. The number of carbonyl (C=O) groups excluding carboxylic acids is 3. The lowest BCUT2D eigenvalue weighted by Crippen LogP contribution is -2.47. The number of carbonyl (C=O) groups is 3. The molecule has 1 N–H and O–H groups in total. The zero-order valence-electron chi connectivity index (χ0n) is 15.4. The fourth-order valence-corrected chi connectivity index (χ4v) is 3.52. The molecule has 4 rings (SSSR count). The third-order valence-corrected chi connectivity index (χ3v) is 5.08. The van der Waals surface area contributed by atoms with Gasteiger partial charge in [-0.05, 0) is 36.8 Å². The van der Waals surface area contributed by atoms with Crippen LogP contribution in [0, 0.1) is 11.6 Å². The molecule has 2 aromatic carbocycles. The van der Waals surface area contributed by atoms with Crippen LogP contribution in [0.4, 0.5) is 19.3 Å². The summed E-state index contributed by atoms with van der Waals surface area (Å²) in [6, 6.07) is 8.61. The smallest absolute Gasteiger partial charge is 0.325 e. The highest BCUT2D eigenvalue weighted by atomic mass is 19.1. The normalized spacial score (nSPS) is 20.9. The molecule has 0 aromatic heterocycles. The molecule has 0 spiro atoms. The summed E-state index contributed by atoms with van der Waals surface area (Å²) in [6.45, 7) is 1.17. The van der Waals surface area contributed by atoms with Gasteiger partial charge in [-0.15, -0.1) is 0 Å². The molecule has 2 heterocycles. The molecule has 0 saturated carbocycles. The second-order valence-corrected chi connectivity index (χ2v) is 6.93. The highest BCUT2D eigenvalue weighted by Crippen LogP contribution is 2.35. The van der Waals surface area contributed by atoms with Crippen LogP contribution in [0.3, 0.4) is 0 Å². The topological polar surface area (TPSA) is 79.0 Å². The molecule has 9 heteroatoms. The molecule has 1 saturated heterocycles. The van der Waals surface area contributed by atoms with Gasteiger partial charge in [0.05, 0.1) is 6.54 Å². The molecule has 0 radical (unpaired) electrons. The first kappa shape index (κ1) is 18.9. The van der Waals surface area contributed by atoms with E-state index >= 15 is 0 Å². The highest BCUT2D eigenvalue weighted by Gasteiger charge is 2.50. The van der Waals surface area contributed by atoms with Crippen molar-refractivity contribution in [1.29, 1.82) is 0 Å². The van der Waals surface area contributed by atoms with Crippen molar-refractivity contribution in [3.8, 4) is 5.75 Å². The third kappa shape index (κ3) is 3.08. The molecular formula is C20H17F2N3O4. The van der Waals surface area contributed by atoms with Crippen molar-refractivity contribution in [3.63, 3.8) is 0 Å². The lowest BCUT2D eigenvalue weighted by atomic mass is 9.92. The molecule has 2 aromatic rings. The maximum absolute atomic E-state index is 14.3. The molecule has 0 bridgehead atoms. The van der Waals surface area contributed by atoms with Gasteiger partial charge in [-0.1, -0.05) is 18.2 Å². The van der Waals surface area contributed by atoms with E-state index in [0.29, 0.717) is 5.56 Å². The number of nitrogens with one attached hydrogen (secondary N) is 1. The minimum absolute atomic E-state index is 0.0166. The molecule has 1 unspecified atom stereocenters. The average Bonchev–Trinajstić information content (AvgIpc) is 2.92.